The minimum Gasteiger partial charge on any atom is -0.494 e. The topological polar surface area (TPSA) is 87.7 Å². The molecule has 2 amide bonds. The molecule has 7 heteroatoms. The van der Waals surface area contributed by atoms with E-state index in [1.165, 1.54) is 19.6 Å². The smallest absolute Gasteiger partial charge is 0.220 e. The zero-order valence-electron chi connectivity index (χ0n) is 18.7. The Bertz CT molecular complexity index is 921. The first kappa shape index (κ1) is 21.7. The van der Waals surface area contributed by atoms with Crippen LogP contribution < -0.4 is 15.4 Å². The van der Waals surface area contributed by atoms with E-state index < -0.39 is 17.0 Å². The lowest BCUT2D eigenvalue weighted by atomic mass is 9.51. The third kappa shape index (κ3) is 4.12. The summed E-state index contributed by atoms with van der Waals surface area (Å²) in [6.45, 7) is 0. The van der Waals surface area contributed by atoms with Crippen LogP contribution in [0.5, 0.6) is 5.75 Å². The van der Waals surface area contributed by atoms with Gasteiger partial charge in [0.15, 0.2) is 11.6 Å². The summed E-state index contributed by atoms with van der Waals surface area (Å²) in [5.41, 5.74) is -0.530. The third-order valence-corrected chi connectivity index (χ3v) is 8.26. The molecule has 4 aliphatic carbocycles. The normalized spacial score (nSPS) is 37.4. The summed E-state index contributed by atoms with van der Waals surface area (Å²) >= 11 is 0. The van der Waals surface area contributed by atoms with Crippen molar-refractivity contribution in [2.75, 3.05) is 7.11 Å². The van der Waals surface area contributed by atoms with Gasteiger partial charge in [0, 0.05) is 23.9 Å². The Morgan fingerprint density at radius 2 is 2.03 bits per heavy atom. The molecule has 1 aliphatic heterocycles. The van der Waals surface area contributed by atoms with Gasteiger partial charge < -0.3 is 20.5 Å². The maximum atomic E-state index is 13.8. The van der Waals surface area contributed by atoms with Crippen LogP contribution in [0.25, 0.3) is 0 Å². The summed E-state index contributed by atoms with van der Waals surface area (Å²) in [5.74, 6) is 0.762. The van der Waals surface area contributed by atoms with E-state index >= 15 is 0 Å². The van der Waals surface area contributed by atoms with E-state index in [0.29, 0.717) is 50.4 Å². The molecule has 3 N–H and O–H groups in total. The number of ether oxygens (including phenoxy) is 1. The SMILES string of the molecule is COc1cc(C[C@@]2(CCC(=O)NC34C[C@H]5C[C@@H](CC(O)(C5)C3)C4)CCC(=O)N2)ccc1F. The van der Waals surface area contributed by atoms with Gasteiger partial charge in [0.05, 0.1) is 12.7 Å². The number of amides is 2. The quantitative estimate of drug-likeness (QED) is 0.603. The van der Waals surface area contributed by atoms with Crippen molar-refractivity contribution in [2.24, 2.45) is 11.8 Å². The van der Waals surface area contributed by atoms with Gasteiger partial charge in [-0.05, 0) is 87.3 Å². The average molecular weight is 445 g/mol. The molecular formula is C25H33FN2O4. The Kier molecular flexibility index (Phi) is 5.23. The lowest BCUT2D eigenvalue weighted by Crippen LogP contribution is -2.65. The fourth-order valence-electron chi connectivity index (χ4n) is 7.46. The van der Waals surface area contributed by atoms with Crippen LogP contribution in [0.4, 0.5) is 4.39 Å². The summed E-state index contributed by atoms with van der Waals surface area (Å²) in [5, 5.41) is 17.3. The molecule has 0 aromatic heterocycles. The van der Waals surface area contributed by atoms with Gasteiger partial charge in [-0.25, -0.2) is 4.39 Å². The average Bonchev–Trinajstić information content (AvgIpc) is 3.06. The molecule has 5 aliphatic rings. The standard InChI is InChI=1S/C25H33FN2O4/c1-32-20-9-16(2-3-19(20)26)10-23(6-4-21(29)27-23)7-5-22(30)28-24-11-17-8-18(12-24)14-25(31,13-17)15-24/h2-3,9,17-18,31H,4-8,10-15H2,1H3,(H,27,29)(H,28,30)/t17-,18-,23+,24?,25?/m1/s1. The molecule has 1 aromatic rings. The van der Waals surface area contributed by atoms with Gasteiger partial charge in [-0.1, -0.05) is 6.07 Å². The second-order valence-corrected chi connectivity index (χ2v) is 11.0. The highest BCUT2D eigenvalue weighted by Gasteiger charge is 2.57. The van der Waals surface area contributed by atoms with Gasteiger partial charge in [-0.2, -0.15) is 0 Å². The number of methoxy groups -OCH3 is 1. The van der Waals surface area contributed by atoms with Crippen molar-refractivity contribution in [3.63, 3.8) is 0 Å². The highest BCUT2D eigenvalue weighted by atomic mass is 19.1. The molecule has 5 fully saturated rings. The molecule has 174 valence electrons. The Morgan fingerprint density at radius 3 is 2.66 bits per heavy atom. The molecular weight excluding hydrogens is 411 g/mol. The second-order valence-electron chi connectivity index (χ2n) is 11.0. The lowest BCUT2D eigenvalue weighted by molar-refractivity contribution is -0.151. The zero-order valence-corrected chi connectivity index (χ0v) is 18.7. The molecule has 0 radical (unpaired) electrons. The summed E-state index contributed by atoms with van der Waals surface area (Å²) in [6, 6.07) is 4.75. The fourth-order valence-corrected chi connectivity index (χ4v) is 7.46. The van der Waals surface area contributed by atoms with Crippen LogP contribution in [-0.4, -0.2) is 40.7 Å². The van der Waals surface area contributed by atoms with Crippen LogP contribution in [0, 0.1) is 17.7 Å². The van der Waals surface area contributed by atoms with Crippen LogP contribution in [0.3, 0.4) is 0 Å². The molecule has 4 bridgehead atoms. The number of halogens is 1. The minimum atomic E-state index is -0.611. The van der Waals surface area contributed by atoms with Crippen LogP contribution in [0.1, 0.15) is 69.8 Å². The summed E-state index contributed by atoms with van der Waals surface area (Å²) in [4.78, 5) is 25.1. The predicted molar refractivity (Wildman–Crippen MR) is 117 cm³/mol. The highest BCUT2D eigenvalue weighted by Crippen LogP contribution is 2.57. The van der Waals surface area contributed by atoms with Gasteiger partial charge in [0.1, 0.15) is 0 Å². The van der Waals surface area contributed by atoms with E-state index in [1.54, 1.807) is 12.1 Å². The first-order chi connectivity index (χ1) is 15.2. The summed E-state index contributed by atoms with van der Waals surface area (Å²) in [7, 11) is 1.43. The Balaban J connectivity index is 1.25. The van der Waals surface area contributed by atoms with E-state index in [0.717, 1.165) is 31.2 Å². The number of carbonyl (C=O) groups is 2. The molecule has 0 unspecified atom stereocenters. The summed E-state index contributed by atoms with van der Waals surface area (Å²) < 4.78 is 18.9. The minimum absolute atomic E-state index is 0.00670. The second kappa shape index (κ2) is 7.72. The number of rotatable bonds is 7. The number of hydrogen-bond acceptors (Lipinski definition) is 4. The van der Waals surface area contributed by atoms with Crippen molar-refractivity contribution in [1.82, 2.24) is 10.6 Å². The number of carbonyl (C=O) groups excluding carboxylic acids is 2. The molecule has 6 nitrogen and oxygen atoms in total. The van der Waals surface area contributed by atoms with E-state index in [2.05, 4.69) is 10.6 Å². The van der Waals surface area contributed by atoms with Gasteiger partial charge >= 0.3 is 0 Å². The van der Waals surface area contributed by atoms with Crippen LogP contribution >= 0.6 is 0 Å². The fraction of sp³-hybridized carbons (Fsp3) is 0.680. The molecule has 6 rings (SSSR count). The van der Waals surface area contributed by atoms with Crippen molar-refractivity contribution in [3.8, 4) is 5.75 Å². The number of hydrogen-bond donors (Lipinski definition) is 3. The maximum absolute atomic E-state index is 13.8. The first-order valence-corrected chi connectivity index (χ1v) is 11.9. The zero-order chi connectivity index (χ0) is 22.6. The van der Waals surface area contributed by atoms with Gasteiger partial charge in [0.25, 0.3) is 0 Å². The van der Waals surface area contributed by atoms with Crippen molar-refractivity contribution >= 4 is 11.8 Å². The highest BCUT2D eigenvalue weighted by molar-refractivity contribution is 5.80. The Labute approximate surface area is 188 Å². The van der Waals surface area contributed by atoms with Gasteiger partial charge in [-0.3, -0.25) is 9.59 Å². The van der Waals surface area contributed by atoms with Crippen LogP contribution in [0.2, 0.25) is 0 Å². The molecule has 0 spiro atoms. The van der Waals surface area contributed by atoms with E-state index in [9.17, 15) is 19.1 Å². The van der Waals surface area contributed by atoms with Crippen molar-refractivity contribution < 1.29 is 23.8 Å². The lowest BCUT2D eigenvalue weighted by Gasteiger charge is -2.60. The van der Waals surface area contributed by atoms with E-state index in [-0.39, 0.29) is 23.1 Å². The van der Waals surface area contributed by atoms with Crippen molar-refractivity contribution in [3.05, 3.63) is 29.6 Å². The molecule has 3 atom stereocenters. The molecule has 32 heavy (non-hydrogen) atoms. The molecule has 1 heterocycles. The largest absolute Gasteiger partial charge is 0.494 e. The monoisotopic (exact) mass is 444 g/mol. The molecule has 4 saturated carbocycles. The van der Waals surface area contributed by atoms with Gasteiger partial charge in [-0.15, -0.1) is 0 Å². The Hall–Kier alpha value is -2.15. The molecule has 1 saturated heterocycles. The van der Waals surface area contributed by atoms with Gasteiger partial charge in [0.2, 0.25) is 11.8 Å². The maximum Gasteiger partial charge on any atom is 0.220 e. The third-order valence-electron chi connectivity index (χ3n) is 8.26. The number of nitrogens with one attached hydrogen (secondary N) is 2. The van der Waals surface area contributed by atoms with E-state index in [4.69, 9.17) is 4.74 Å². The van der Waals surface area contributed by atoms with Crippen LogP contribution in [-0.2, 0) is 16.0 Å². The van der Waals surface area contributed by atoms with E-state index in [1.807, 2.05) is 0 Å². The van der Waals surface area contributed by atoms with Crippen molar-refractivity contribution in [1.29, 1.82) is 0 Å². The first-order valence-electron chi connectivity index (χ1n) is 11.9. The van der Waals surface area contributed by atoms with Crippen molar-refractivity contribution in [2.45, 2.75) is 87.3 Å². The number of aliphatic hydroxyl groups is 1. The summed E-state index contributed by atoms with van der Waals surface area (Å²) in [6.07, 6.45) is 7.96. The van der Waals surface area contributed by atoms with Crippen LogP contribution in [0.15, 0.2) is 18.2 Å². The molecule has 1 aromatic carbocycles. The predicted octanol–water partition coefficient (Wildman–Crippen LogP) is 3.01. The number of benzene rings is 1. The Morgan fingerprint density at radius 1 is 1.28 bits per heavy atom.